The molecule has 1 aliphatic rings. The van der Waals surface area contributed by atoms with Crippen LogP contribution in [0.15, 0.2) is 5.16 Å². The van der Waals surface area contributed by atoms with Gasteiger partial charge in [0.2, 0.25) is 0 Å². The van der Waals surface area contributed by atoms with Crippen LogP contribution in [0, 0.1) is 0 Å². The second-order valence-corrected chi connectivity index (χ2v) is 0.609. The standard InChI is InChI=1S/CH2N2O2/c4-2-1-3-5-1/h4H,(H,2,3). The van der Waals surface area contributed by atoms with Crippen molar-refractivity contribution in [1.82, 2.24) is 5.48 Å². The minimum Gasteiger partial charge on any atom is -0.406 e. The fourth-order valence-corrected chi connectivity index (χ4v) is 0.0636. The second kappa shape index (κ2) is 0.512. The number of nitrogens with zero attached hydrogens (tertiary/aromatic N) is 1. The summed E-state index contributed by atoms with van der Waals surface area (Å²) in [4.78, 5) is 4.11. The average Bonchev–Trinajstić information content (AvgIpc) is 2.12. The maximum atomic E-state index is 7.61. The highest BCUT2D eigenvalue weighted by Gasteiger charge is 2.13. The Labute approximate surface area is 28.0 Å². The van der Waals surface area contributed by atoms with Crippen molar-refractivity contribution in [3.05, 3.63) is 0 Å². The first-order valence-corrected chi connectivity index (χ1v) is 1.08. The van der Waals surface area contributed by atoms with Gasteiger partial charge in [-0.3, -0.25) is 0 Å². The van der Waals surface area contributed by atoms with Crippen molar-refractivity contribution in [3.8, 4) is 0 Å². The number of amidine groups is 1. The van der Waals surface area contributed by atoms with Crippen molar-refractivity contribution in [3.63, 3.8) is 0 Å². The molecule has 4 heteroatoms. The molecule has 0 bridgehead atoms. The number of nitrogens with one attached hydrogen (secondary N) is 1. The number of hydroxylamine groups is 1. The molecular formula is CH2N2O2. The lowest BCUT2D eigenvalue weighted by atomic mass is 11.3. The van der Waals surface area contributed by atoms with Crippen LogP contribution in [0.2, 0.25) is 0 Å². The molecule has 5 heavy (non-hydrogen) atoms. The molecule has 0 aromatic carbocycles. The van der Waals surface area contributed by atoms with E-state index in [0.29, 0.717) is 0 Å². The van der Waals surface area contributed by atoms with Crippen LogP contribution in [-0.2, 0) is 4.84 Å². The Morgan fingerprint density at radius 1 is 2.00 bits per heavy atom. The van der Waals surface area contributed by atoms with Gasteiger partial charge in [0.15, 0.2) is 0 Å². The third-order valence-electron chi connectivity index (χ3n) is 0.284. The van der Waals surface area contributed by atoms with Crippen LogP contribution < -0.4 is 5.48 Å². The topological polar surface area (TPSA) is 67.1 Å². The summed E-state index contributed by atoms with van der Waals surface area (Å²) in [5.41, 5.74) is 2.18. The summed E-state index contributed by atoms with van der Waals surface area (Å²) in [5.74, 6) is 0. The van der Waals surface area contributed by atoms with Crippen molar-refractivity contribution in [2.24, 2.45) is 5.16 Å². The van der Waals surface area contributed by atoms with Gasteiger partial charge in [-0.15, -0.1) is 0 Å². The number of rotatable bonds is 0. The molecule has 4 nitrogen and oxygen atoms in total. The molecule has 0 radical (unpaired) electrons. The van der Waals surface area contributed by atoms with Gasteiger partial charge in [-0.1, -0.05) is 0 Å². The molecule has 0 unspecified atom stereocenters. The van der Waals surface area contributed by atoms with Crippen LogP contribution in [0.5, 0.6) is 0 Å². The normalized spacial score (nSPS) is 24.4. The molecule has 0 aliphatic carbocycles. The SMILES string of the molecule is ON=C1NO1. The number of hydrogen-bond donors (Lipinski definition) is 2. The number of hydrogen-bond acceptors (Lipinski definition) is 3. The first-order valence-electron chi connectivity index (χ1n) is 1.08. The van der Waals surface area contributed by atoms with Gasteiger partial charge in [-0.05, 0) is 5.16 Å². The summed E-state index contributed by atoms with van der Waals surface area (Å²) in [6.45, 7) is 0. The molecule has 0 spiro atoms. The van der Waals surface area contributed by atoms with E-state index in [-0.39, 0.29) is 6.02 Å². The third kappa shape index (κ3) is 0.212. The Morgan fingerprint density at radius 3 is 2.60 bits per heavy atom. The van der Waals surface area contributed by atoms with Gasteiger partial charge in [0, 0.05) is 0 Å². The Balaban J connectivity index is 2.46. The Bertz CT molecular complexity index is 62.0. The fraction of sp³-hybridized carbons (Fsp3) is 0. The van der Waals surface area contributed by atoms with E-state index < -0.39 is 0 Å². The zero-order chi connectivity index (χ0) is 3.70. The van der Waals surface area contributed by atoms with E-state index in [4.69, 9.17) is 5.21 Å². The lowest BCUT2D eigenvalue weighted by Gasteiger charge is -1.48. The molecule has 1 rings (SSSR count). The van der Waals surface area contributed by atoms with Crippen LogP contribution in [0.1, 0.15) is 0 Å². The van der Waals surface area contributed by atoms with Gasteiger partial charge in [0.25, 0.3) is 0 Å². The molecule has 0 aromatic heterocycles. The summed E-state index contributed by atoms with van der Waals surface area (Å²) in [6, 6.07) is 0.185. The predicted molar refractivity (Wildman–Crippen MR) is 13.4 cm³/mol. The predicted octanol–water partition coefficient (Wildman–Crippen LogP) is -0.734. The van der Waals surface area contributed by atoms with Crippen LogP contribution in [0.4, 0.5) is 0 Å². The minimum absolute atomic E-state index is 0.185. The number of oxime groups is 1. The maximum Gasteiger partial charge on any atom is 0.382 e. The van der Waals surface area contributed by atoms with Crippen LogP contribution in [0.25, 0.3) is 0 Å². The minimum atomic E-state index is 0.185. The molecule has 1 aliphatic heterocycles. The highest BCUT2D eigenvalue weighted by atomic mass is 16.8. The van der Waals surface area contributed by atoms with Crippen LogP contribution in [-0.4, -0.2) is 11.2 Å². The van der Waals surface area contributed by atoms with E-state index in [1.165, 1.54) is 0 Å². The van der Waals surface area contributed by atoms with Gasteiger partial charge in [0.05, 0.1) is 0 Å². The van der Waals surface area contributed by atoms with Crippen molar-refractivity contribution < 1.29 is 10.0 Å². The highest BCUT2D eigenvalue weighted by Crippen LogP contribution is 1.83. The summed E-state index contributed by atoms with van der Waals surface area (Å²) in [6.07, 6.45) is 0. The van der Waals surface area contributed by atoms with E-state index in [0.717, 1.165) is 0 Å². The lowest BCUT2D eigenvalue weighted by molar-refractivity contribution is 0.314. The first kappa shape index (κ1) is 2.32. The van der Waals surface area contributed by atoms with Crippen molar-refractivity contribution in [2.45, 2.75) is 0 Å². The Morgan fingerprint density at radius 2 is 2.60 bits per heavy atom. The van der Waals surface area contributed by atoms with Crippen LogP contribution in [0.3, 0.4) is 0 Å². The zero-order valence-corrected chi connectivity index (χ0v) is 2.30. The molecule has 28 valence electrons. The van der Waals surface area contributed by atoms with Crippen LogP contribution >= 0.6 is 0 Å². The fourth-order valence-electron chi connectivity index (χ4n) is 0.0636. The van der Waals surface area contributed by atoms with Gasteiger partial charge < -0.3 is 10.0 Å². The average molecular weight is 74.0 g/mol. The summed E-state index contributed by atoms with van der Waals surface area (Å²) in [7, 11) is 0. The zero-order valence-electron chi connectivity index (χ0n) is 2.30. The highest BCUT2D eigenvalue weighted by molar-refractivity contribution is 5.81. The van der Waals surface area contributed by atoms with Crippen molar-refractivity contribution in [1.29, 1.82) is 0 Å². The Hall–Kier alpha value is -0.930. The molecule has 1 saturated heterocycles. The molecule has 0 amide bonds. The summed E-state index contributed by atoms with van der Waals surface area (Å²) >= 11 is 0. The molecule has 0 saturated carbocycles. The summed E-state index contributed by atoms with van der Waals surface area (Å²) in [5, 5.41) is 10.2. The lowest BCUT2D eigenvalue weighted by Crippen LogP contribution is -1.70. The molecule has 1 fully saturated rings. The van der Waals surface area contributed by atoms with E-state index in [2.05, 4.69) is 15.5 Å². The van der Waals surface area contributed by atoms with E-state index in [9.17, 15) is 0 Å². The van der Waals surface area contributed by atoms with Gasteiger partial charge in [0.1, 0.15) is 0 Å². The van der Waals surface area contributed by atoms with Gasteiger partial charge >= 0.3 is 6.02 Å². The van der Waals surface area contributed by atoms with Crippen molar-refractivity contribution in [2.75, 3.05) is 0 Å². The molecule has 1 heterocycles. The largest absolute Gasteiger partial charge is 0.406 e. The van der Waals surface area contributed by atoms with E-state index in [1.54, 1.807) is 0 Å². The third-order valence-corrected chi connectivity index (χ3v) is 0.284. The maximum absolute atomic E-state index is 7.61. The first-order chi connectivity index (χ1) is 2.43. The smallest absolute Gasteiger partial charge is 0.382 e. The molecule has 0 atom stereocenters. The quantitative estimate of drug-likeness (QED) is 0.226. The Kier molecular flexibility index (Phi) is 0.237. The molecule has 2 N–H and O–H groups in total. The monoisotopic (exact) mass is 74.0 g/mol. The summed E-state index contributed by atoms with van der Waals surface area (Å²) < 4.78 is 0. The second-order valence-electron chi connectivity index (χ2n) is 0.609. The molecule has 0 aromatic rings. The molecular weight excluding hydrogens is 72.0 g/mol. The van der Waals surface area contributed by atoms with Gasteiger partial charge in [-0.2, -0.15) is 5.48 Å². The van der Waals surface area contributed by atoms with Crippen molar-refractivity contribution >= 4 is 6.02 Å². The van der Waals surface area contributed by atoms with E-state index in [1.807, 2.05) is 0 Å². The van der Waals surface area contributed by atoms with Gasteiger partial charge in [-0.25, -0.2) is 0 Å². The van der Waals surface area contributed by atoms with E-state index >= 15 is 0 Å².